The second-order valence-electron chi connectivity index (χ2n) is 6.25. The number of hydrogen-bond acceptors (Lipinski definition) is 6. The van der Waals surface area contributed by atoms with Gasteiger partial charge in [0.15, 0.2) is 0 Å². The Bertz CT molecular complexity index is 968. The first kappa shape index (κ1) is 19.6. The highest BCUT2D eigenvalue weighted by atomic mass is 32.2. The largest absolute Gasteiger partial charge is 0.411 e. The van der Waals surface area contributed by atoms with E-state index in [9.17, 15) is 9.59 Å². The minimum absolute atomic E-state index is 0.147. The Morgan fingerprint density at radius 1 is 0.964 bits per heavy atom. The zero-order chi connectivity index (χ0) is 20.1. The molecule has 28 heavy (non-hydrogen) atoms. The van der Waals surface area contributed by atoms with Crippen molar-refractivity contribution in [1.82, 2.24) is 10.2 Å². The summed E-state index contributed by atoms with van der Waals surface area (Å²) in [5.41, 5.74) is 3.29. The summed E-state index contributed by atoms with van der Waals surface area (Å²) in [6.45, 7) is 5.21. The van der Waals surface area contributed by atoms with Crippen molar-refractivity contribution in [3.63, 3.8) is 0 Å². The molecular weight excluding hydrogens is 376 g/mol. The molecule has 8 heteroatoms. The van der Waals surface area contributed by atoms with Gasteiger partial charge in [0.1, 0.15) is 0 Å². The number of rotatable bonds is 6. The fourth-order valence-electron chi connectivity index (χ4n) is 2.36. The number of hydrogen-bond donors (Lipinski definition) is 2. The van der Waals surface area contributed by atoms with E-state index in [1.807, 2.05) is 31.2 Å². The van der Waals surface area contributed by atoms with Crippen molar-refractivity contribution < 1.29 is 14.0 Å². The number of nitrogens with one attached hydrogen (secondary N) is 2. The lowest BCUT2D eigenvalue weighted by Gasteiger charge is -2.10. The summed E-state index contributed by atoms with van der Waals surface area (Å²) < 4.78 is 5.65. The summed E-state index contributed by atoms with van der Waals surface area (Å²) in [5, 5.41) is 13.5. The quantitative estimate of drug-likeness (QED) is 0.608. The number of amides is 2. The highest BCUT2D eigenvalue weighted by Crippen LogP contribution is 2.27. The Labute approximate surface area is 166 Å². The van der Waals surface area contributed by atoms with E-state index in [0.29, 0.717) is 22.5 Å². The van der Waals surface area contributed by atoms with E-state index in [-0.39, 0.29) is 11.8 Å². The lowest BCUT2D eigenvalue weighted by Crippen LogP contribution is -2.22. The summed E-state index contributed by atoms with van der Waals surface area (Å²) in [7, 11) is 0. The van der Waals surface area contributed by atoms with Crippen LogP contribution in [-0.2, 0) is 9.59 Å². The van der Waals surface area contributed by atoms with Gasteiger partial charge >= 0.3 is 0 Å². The maximum atomic E-state index is 12.4. The maximum absolute atomic E-state index is 12.4. The molecule has 3 aromatic rings. The molecule has 0 aliphatic rings. The van der Waals surface area contributed by atoms with Crippen molar-refractivity contribution in [2.45, 2.75) is 31.2 Å². The number of nitrogens with zero attached hydrogens (tertiary/aromatic N) is 2. The molecule has 0 aliphatic heterocycles. The van der Waals surface area contributed by atoms with Gasteiger partial charge < -0.3 is 15.1 Å². The van der Waals surface area contributed by atoms with Gasteiger partial charge in [0, 0.05) is 23.9 Å². The van der Waals surface area contributed by atoms with Crippen LogP contribution in [0.2, 0.25) is 0 Å². The smallest absolute Gasteiger partial charge is 0.277 e. The number of carbonyl (C=O) groups is 2. The molecule has 0 bridgehead atoms. The van der Waals surface area contributed by atoms with E-state index in [2.05, 4.69) is 20.8 Å². The molecule has 0 aliphatic carbocycles. The van der Waals surface area contributed by atoms with Gasteiger partial charge in [-0.1, -0.05) is 29.5 Å². The van der Waals surface area contributed by atoms with Crippen molar-refractivity contribution in [2.75, 3.05) is 10.6 Å². The summed E-state index contributed by atoms with van der Waals surface area (Å²) >= 11 is 1.19. The first-order valence-corrected chi connectivity index (χ1v) is 9.54. The molecule has 0 saturated heterocycles. The van der Waals surface area contributed by atoms with E-state index < -0.39 is 5.25 Å². The van der Waals surface area contributed by atoms with Crippen molar-refractivity contribution in [3.05, 3.63) is 54.1 Å². The van der Waals surface area contributed by atoms with Crippen LogP contribution in [0.15, 0.2) is 58.2 Å². The molecule has 0 spiro atoms. The summed E-state index contributed by atoms with van der Waals surface area (Å²) in [6.07, 6.45) is 0. The van der Waals surface area contributed by atoms with Crippen LogP contribution in [0.25, 0.3) is 11.5 Å². The number of benzene rings is 2. The zero-order valence-electron chi connectivity index (χ0n) is 15.7. The molecule has 0 saturated carbocycles. The van der Waals surface area contributed by atoms with Crippen molar-refractivity contribution in [3.8, 4) is 11.5 Å². The predicted molar refractivity (Wildman–Crippen MR) is 109 cm³/mol. The normalized spacial score (nSPS) is 11.7. The molecule has 3 rings (SSSR count). The third-order valence-electron chi connectivity index (χ3n) is 3.82. The molecule has 0 radical (unpaired) electrons. The Hall–Kier alpha value is -3.13. The number of anilines is 2. The third-order valence-corrected chi connectivity index (χ3v) is 4.76. The first-order valence-electron chi connectivity index (χ1n) is 8.66. The van der Waals surface area contributed by atoms with Gasteiger partial charge in [-0.2, -0.15) is 0 Å². The molecule has 0 fully saturated rings. The molecule has 2 aromatic carbocycles. The highest BCUT2D eigenvalue weighted by Gasteiger charge is 2.19. The minimum atomic E-state index is -0.429. The van der Waals surface area contributed by atoms with E-state index in [0.717, 1.165) is 11.1 Å². The van der Waals surface area contributed by atoms with Crippen LogP contribution in [-0.4, -0.2) is 27.3 Å². The van der Waals surface area contributed by atoms with Crippen molar-refractivity contribution in [2.24, 2.45) is 0 Å². The second-order valence-corrected chi connectivity index (χ2v) is 7.54. The molecular formula is C20H20N4O3S. The number of thioether (sulfide) groups is 1. The molecule has 1 aromatic heterocycles. The Balaban J connectivity index is 1.58. The monoisotopic (exact) mass is 396 g/mol. The molecule has 1 heterocycles. The first-order chi connectivity index (χ1) is 13.4. The van der Waals surface area contributed by atoms with Crippen LogP contribution >= 0.6 is 11.8 Å². The lowest BCUT2D eigenvalue weighted by atomic mass is 10.1. The van der Waals surface area contributed by atoms with E-state index >= 15 is 0 Å². The number of aryl methyl sites for hydroxylation is 1. The van der Waals surface area contributed by atoms with Crippen LogP contribution in [0.4, 0.5) is 11.4 Å². The van der Waals surface area contributed by atoms with Gasteiger partial charge in [-0.05, 0) is 50.2 Å². The Morgan fingerprint density at radius 3 is 2.18 bits per heavy atom. The zero-order valence-corrected chi connectivity index (χ0v) is 16.5. The summed E-state index contributed by atoms with van der Waals surface area (Å²) in [5.74, 6) is 0.0856. The molecule has 144 valence electrons. The number of carbonyl (C=O) groups excluding carboxylic acids is 2. The van der Waals surface area contributed by atoms with Gasteiger partial charge in [0.05, 0.1) is 5.25 Å². The molecule has 7 nitrogen and oxygen atoms in total. The van der Waals surface area contributed by atoms with Crippen LogP contribution in [0.5, 0.6) is 0 Å². The fourth-order valence-corrected chi connectivity index (χ4v) is 3.04. The Kier molecular flexibility index (Phi) is 6.10. The fraction of sp³-hybridized carbons (Fsp3) is 0.200. The number of aromatic nitrogens is 2. The van der Waals surface area contributed by atoms with Crippen LogP contribution in [0.1, 0.15) is 19.4 Å². The van der Waals surface area contributed by atoms with Gasteiger partial charge in [-0.3, -0.25) is 9.59 Å². The average Bonchev–Trinajstić information content (AvgIpc) is 3.12. The summed E-state index contributed by atoms with van der Waals surface area (Å²) in [6, 6.07) is 14.7. The molecule has 1 atom stereocenters. The maximum Gasteiger partial charge on any atom is 0.277 e. The van der Waals surface area contributed by atoms with Crippen LogP contribution in [0, 0.1) is 6.92 Å². The van der Waals surface area contributed by atoms with Crippen LogP contribution in [0.3, 0.4) is 0 Å². The minimum Gasteiger partial charge on any atom is -0.411 e. The topological polar surface area (TPSA) is 97.1 Å². The summed E-state index contributed by atoms with van der Waals surface area (Å²) in [4.78, 5) is 23.4. The molecule has 2 N–H and O–H groups in total. The van der Waals surface area contributed by atoms with E-state index in [1.165, 1.54) is 18.7 Å². The van der Waals surface area contributed by atoms with Gasteiger partial charge in [0.2, 0.25) is 17.7 Å². The van der Waals surface area contributed by atoms with E-state index in [4.69, 9.17) is 4.42 Å². The van der Waals surface area contributed by atoms with E-state index in [1.54, 1.807) is 31.2 Å². The van der Waals surface area contributed by atoms with Crippen molar-refractivity contribution in [1.29, 1.82) is 0 Å². The van der Waals surface area contributed by atoms with Gasteiger partial charge in [-0.25, -0.2) is 0 Å². The van der Waals surface area contributed by atoms with Crippen LogP contribution < -0.4 is 10.6 Å². The van der Waals surface area contributed by atoms with Crippen molar-refractivity contribution >= 4 is 35.0 Å². The van der Waals surface area contributed by atoms with Gasteiger partial charge in [-0.15, -0.1) is 10.2 Å². The molecule has 0 unspecified atom stereocenters. The highest BCUT2D eigenvalue weighted by molar-refractivity contribution is 8.00. The Morgan fingerprint density at radius 2 is 1.57 bits per heavy atom. The predicted octanol–water partition coefficient (Wildman–Crippen LogP) is 4.12. The lowest BCUT2D eigenvalue weighted by molar-refractivity contribution is -0.115. The van der Waals surface area contributed by atoms with Gasteiger partial charge in [0.25, 0.3) is 5.22 Å². The third kappa shape index (κ3) is 5.20. The second kappa shape index (κ2) is 8.71. The standard InChI is InChI=1S/C20H20N4O3S/c1-12-4-6-15(7-5-12)19-23-24-20(27-19)28-13(2)18(26)22-17-10-8-16(9-11-17)21-14(3)25/h4-11,13H,1-3H3,(H,21,25)(H,22,26)/t13-/m0/s1. The SMILES string of the molecule is CC(=O)Nc1ccc(NC(=O)[C@H](C)Sc2nnc(-c3ccc(C)cc3)o2)cc1. The average molecular weight is 396 g/mol. The molecule has 2 amide bonds.